The summed E-state index contributed by atoms with van der Waals surface area (Å²) in [6, 6.07) is 0. The number of aliphatic hydroxyl groups excluding tert-OH is 2. The Hall–Kier alpha value is 0.210. The first-order chi connectivity index (χ1) is 7.11. The van der Waals surface area contributed by atoms with Crippen LogP contribution in [0.1, 0.15) is 19.3 Å². The molecular weight excluding hydrogens is 331 g/mol. The van der Waals surface area contributed by atoms with Crippen molar-refractivity contribution in [2.24, 2.45) is 0 Å². The van der Waals surface area contributed by atoms with Gasteiger partial charge in [0.25, 0.3) is 0 Å². The largest absolute Gasteiger partial charge is 0.449 e. The van der Waals surface area contributed by atoms with Crippen molar-refractivity contribution in [1.82, 2.24) is 0 Å². The summed E-state index contributed by atoms with van der Waals surface area (Å²) in [5.41, 5.74) is 0. The minimum absolute atomic E-state index is 0.382. The molecule has 6 heteroatoms. The van der Waals surface area contributed by atoms with E-state index < -0.39 is 18.3 Å². The van der Waals surface area contributed by atoms with Gasteiger partial charge in [0, 0.05) is 36.6 Å². The quantitative estimate of drug-likeness (QED) is 0.433. The maximum absolute atomic E-state index is 11.0. The van der Waals surface area contributed by atoms with Gasteiger partial charge in [-0.25, -0.2) is 4.79 Å². The third-order valence-corrected chi connectivity index (χ3v) is 3.46. The van der Waals surface area contributed by atoms with Crippen LogP contribution in [0.5, 0.6) is 0 Å². The van der Waals surface area contributed by atoms with Crippen molar-refractivity contribution >= 4 is 35.4 Å². The third-order valence-electron chi connectivity index (χ3n) is 2.16. The van der Waals surface area contributed by atoms with Crippen LogP contribution in [0.4, 0.5) is 4.79 Å². The monoisotopic (exact) mass is 344 g/mol. The minimum Gasteiger partial charge on any atom is -0.449 e. The number of carbonyl (C=O) groups excluding carboxylic acids is 1. The lowest BCUT2D eigenvalue weighted by atomic mass is 10.00. The van der Waals surface area contributed by atoms with Gasteiger partial charge >= 0.3 is 5.30 Å². The summed E-state index contributed by atoms with van der Waals surface area (Å²) in [7, 11) is 0.963. The number of halogens is 1. The van der Waals surface area contributed by atoms with Gasteiger partial charge < -0.3 is 14.9 Å². The number of ether oxygens (including phenoxy) is 1. The van der Waals surface area contributed by atoms with Crippen LogP contribution < -0.4 is 0 Å². The molecule has 0 saturated carbocycles. The first-order valence-corrected chi connectivity index (χ1v) is 8.01. The summed E-state index contributed by atoms with van der Waals surface area (Å²) in [5.74, 6) is 0. The fourth-order valence-corrected chi connectivity index (χ4v) is 1.88. The highest BCUT2D eigenvalue weighted by molar-refractivity contribution is 14.2. The molecule has 0 aromatic rings. The van der Waals surface area contributed by atoms with Crippen LogP contribution in [0.3, 0.4) is 0 Å². The number of aliphatic hydroxyl groups is 2. The van der Waals surface area contributed by atoms with Crippen molar-refractivity contribution in [2.45, 2.75) is 37.6 Å². The molecule has 3 atom stereocenters. The van der Waals surface area contributed by atoms with E-state index in [0.29, 0.717) is 19.3 Å². The van der Waals surface area contributed by atoms with Gasteiger partial charge in [-0.05, 0) is 18.9 Å². The Morgan fingerprint density at radius 2 is 2.13 bits per heavy atom. The third kappa shape index (κ3) is 5.19. The molecular formula is C9H13IO4S. The van der Waals surface area contributed by atoms with Gasteiger partial charge in [0.2, 0.25) is 0 Å². The van der Waals surface area contributed by atoms with E-state index in [2.05, 4.69) is 0 Å². The van der Waals surface area contributed by atoms with E-state index in [9.17, 15) is 15.0 Å². The number of carbonyl (C=O) groups is 1. The average molecular weight is 344 g/mol. The van der Waals surface area contributed by atoms with Gasteiger partial charge in [0.15, 0.2) is 0 Å². The molecule has 0 heterocycles. The lowest BCUT2D eigenvalue weighted by Crippen LogP contribution is -2.24. The molecule has 0 aromatic heterocycles. The molecule has 0 fully saturated rings. The second-order valence-electron chi connectivity index (χ2n) is 3.40. The van der Waals surface area contributed by atoms with E-state index in [0.717, 1.165) is 8.93 Å². The zero-order chi connectivity index (χ0) is 11.3. The molecule has 15 heavy (non-hydrogen) atoms. The van der Waals surface area contributed by atoms with Crippen molar-refractivity contribution in [1.29, 1.82) is 0 Å². The van der Waals surface area contributed by atoms with Crippen molar-refractivity contribution in [3.63, 3.8) is 0 Å². The van der Waals surface area contributed by atoms with Gasteiger partial charge in [0.1, 0.15) is 6.10 Å². The molecule has 2 N–H and O–H groups in total. The van der Waals surface area contributed by atoms with E-state index in [4.69, 9.17) is 4.74 Å². The summed E-state index contributed by atoms with van der Waals surface area (Å²) in [4.78, 5) is 11.0. The zero-order valence-electron chi connectivity index (χ0n) is 8.01. The van der Waals surface area contributed by atoms with Gasteiger partial charge in [-0.1, -0.05) is 6.08 Å². The topological polar surface area (TPSA) is 66.8 Å². The SMILES string of the molecule is O=C(OC1/C=C/C(O)CCC(O)C1)SI. The first-order valence-electron chi connectivity index (χ1n) is 4.65. The Morgan fingerprint density at radius 1 is 1.40 bits per heavy atom. The number of hydrogen-bond donors (Lipinski definition) is 2. The van der Waals surface area contributed by atoms with Gasteiger partial charge in [-0.3, -0.25) is 0 Å². The van der Waals surface area contributed by atoms with E-state index in [1.807, 2.05) is 21.2 Å². The summed E-state index contributed by atoms with van der Waals surface area (Å²) in [6.45, 7) is 0. The van der Waals surface area contributed by atoms with Crippen molar-refractivity contribution in [2.75, 3.05) is 0 Å². The molecule has 1 aliphatic carbocycles. The molecule has 0 radical (unpaired) electrons. The summed E-state index contributed by atoms with van der Waals surface area (Å²) in [6.07, 6.45) is 3.18. The molecule has 86 valence electrons. The zero-order valence-corrected chi connectivity index (χ0v) is 11.0. The Morgan fingerprint density at radius 3 is 2.80 bits per heavy atom. The second-order valence-corrected chi connectivity index (χ2v) is 5.21. The summed E-state index contributed by atoms with van der Waals surface area (Å²) < 4.78 is 5.05. The fourth-order valence-electron chi connectivity index (χ4n) is 1.41. The van der Waals surface area contributed by atoms with E-state index >= 15 is 0 Å². The lowest BCUT2D eigenvalue weighted by Gasteiger charge is -2.21. The minimum atomic E-state index is -0.562. The van der Waals surface area contributed by atoms with Crippen LogP contribution in [0, 0.1) is 0 Å². The van der Waals surface area contributed by atoms with Crippen LogP contribution in [0.25, 0.3) is 0 Å². The second kappa shape index (κ2) is 6.72. The Kier molecular flexibility index (Phi) is 5.95. The molecule has 3 unspecified atom stereocenters. The van der Waals surface area contributed by atoms with Crippen LogP contribution >= 0.6 is 30.1 Å². The Labute approximate surface area is 105 Å². The maximum Gasteiger partial charge on any atom is 0.378 e. The van der Waals surface area contributed by atoms with Gasteiger partial charge in [-0.15, -0.1) is 0 Å². The van der Waals surface area contributed by atoms with Crippen molar-refractivity contribution in [3.8, 4) is 0 Å². The van der Waals surface area contributed by atoms with Crippen molar-refractivity contribution < 1.29 is 19.7 Å². The van der Waals surface area contributed by atoms with E-state index in [1.54, 1.807) is 12.2 Å². The highest BCUT2D eigenvalue weighted by Gasteiger charge is 2.19. The Bertz CT molecular complexity index is 246. The van der Waals surface area contributed by atoms with Crippen LogP contribution in [0.15, 0.2) is 12.2 Å². The van der Waals surface area contributed by atoms with Crippen LogP contribution in [-0.2, 0) is 4.74 Å². The summed E-state index contributed by atoms with van der Waals surface area (Å²) in [5, 5.41) is 18.6. The van der Waals surface area contributed by atoms with Crippen molar-refractivity contribution in [3.05, 3.63) is 12.2 Å². The van der Waals surface area contributed by atoms with Crippen LogP contribution in [0.2, 0.25) is 0 Å². The molecule has 1 aliphatic rings. The normalized spacial score (nSPS) is 33.9. The van der Waals surface area contributed by atoms with E-state index in [1.165, 1.54) is 0 Å². The predicted octanol–water partition coefficient (Wildman–Crippen LogP) is 2.04. The highest BCUT2D eigenvalue weighted by atomic mass is 127. The fraction of sp³-hybridized carbons (Fsp3) is 0.667. The van der Waals surface area contributed by atoms with E-state index in [-0.39, 0.29) is 5.30 Å². The molecule has 4 nitrogen and oxygen atoms in total. The smallest absolute Gasteiger partial charge is 0.378 e. The number of rotatable bonds is 1. The first kappa shape index (κ1) is 13.3. The molecule has 0 amide bonds. The Balaban J connectivity index is 2.56. The molecule has 0 spiro atoms. The molecule has 0 bridgehead atoms. The standard InChI is InChI=1S/C9H13IO4S/c10-15-9(13)14-8-4-3-6(11)1-2-7(12)5-8/h3-4,6-8,11-12H,1-2,5H2/b4-3+. The summed E-state index contributed by atoms with van der Waals surface area (Å²) >= 11 is 1.84. The maximum atomic E-state index is 11.0. The predicted molar refractivity (Wildman–Crippen MR) is 66.9 cm³/mol. The van der Waals surface area contributed by atoms with Gasteiger partial charge in [0.05, 0.1) is 12.2 Å². The molecule has 0 saturated heterocycles. The molecule has 0 aliphatic heterocycles. The van der Waals surface area contributed by atoms with Gasteiger partial charge in [-0.2, -0.15) is 0 Å². The highest BCUT2D eigenvalue weighted by Crippen LogP contribution is 2.20. The molecule has 0 aromatic carbocycles. The molecule has 1 rings (SSSR count). The van der Waals surface area contributed by atoms with Crippen LogP contribution in [-0.4, -0.2) is 33.8 Å². The lowest BCUT2D eigenvalue weighted by molar-refractivity contribution is 0.0699. The number of hydrogen-bond acceptors (Lipinski definition) is 5. The average Bonchev–Trinajstić information content (AvgIpc) is 2.20.